The van der Waals surface area contributed by atoms with E-state index in [4.69, 9.17) is 16.3 Å². The standard InChI is InChI=1S/C20H17ClN4O5/c1-30-16-7-10(5-6-15(16)26)13-9-14(24-23-13)17-18(27)22-20(29)25(19(17)28)12-4-2-3-11(21)8-12/h2-8,13,23,26,28H,9H2,1H3,(H,22,27,29)/t13-/m0/s1. The molecule has 3 aromatic rings. The van der Waals surface area contributed by atoms with Crippen molar-refractivity contribution in [2.24, 2.45) is 5.10 Å². The number of nitrogens with one attached hydrogen (secondary N) is 2. The lowest BCUT2D eigenvalue weighted by atomic mass is 9.99. The Balaban J connectivity index is 1.73. The number of benzene rings is 2. The molecule has 0 spiro atoms. The fourth-order valence-electron chi connectivity index (χ4n) is 3.34. The molecular formula is C20H17ClN4O5. The summed E-state index contributed by atoms with van der Waals surface area (Å²) < 4.78 is 6.08. The number of hydrogen-bond acceptors (Lipinski definition) is 7. The van der Waals surface area contributed by atoms with Crippen LogP contribution in [0.1, 0.15) is 23.6 Å². The minimum absolute atomic E-state index is 0.00285. The summed E-state index contributed by atoms with van der Waals surface area (Å²) in [5.41, 5.74) is 2.59. The van der Waals surface area contributed by atoms with Crippen molar-refractivity contribution in [3.8, 4) is 23.1 Å². The van der Waals surface area contributed by atoms with Crippen LogP contribution in [0.4, 0.5) is 0 Å². The maximum absolute atomic E-state index is 12.5. The van der Waals surface area contributed by atoms with Crippen LogP contribution in [0.2, 0.25) is 5.02 Å². The zero-order chi connectivity index (χ0) is 21.4. The van der Waals surface area contributed by atoms with Crippen molar-refractivity contribution in [2.75, 3.05) is 7.11 Å². The minimum Gasteiger partial charge on any atom is -0.504 e. The number of aromatic nitrogens is 2. The molecule has 0 bridgehead atoms. The number of aromatic amines is 1. The third-order valence-electron chi connectivity index (χ3n) is 4.80. The van der Waals surface area contributed by atoms with Crippen LogP contribution >= 0.6 is 11.6 Å². The highest BCUT2D eigenvalue weighted by Gasteiger charge is 2.28. The summed E-state index contributed by atoms with van der Waals surface area (Å²) in [4.78, 5) is 27.0. The van der Waals surface area contributed by atoms with E-state index in [-0.39, 0.29) is 29.5 Å². The molecule has 2 aromatic carbocycles. The van der Waals surface area contributed by atoms with E-state index in [2.05, 4.69) is 15.5 Å². The molecule has 0 unspecified atom stereocenters. The van der Waals surface area contributed by atoms with Crippen LogP contribution in [0.5, 0.6) is 17.4 Å². The molecule has 0 radical (unpaired) electrons. The van der Waals surface area contributed by atoms with Gasteiger partial charge >= 0.3 is 5.69 Å². The molecule has 0 saturated heterocycles. The van der Waals surface area contributed by atoms with Crippen LogP contribution in [0, 0.1) is 0 Å². The van der Waals surface area contributed by atoms with E-state index in [1.165, 1.54) is 19.2 Å². The van der Waals surface area contributed by atoms with Crippen LogP contribution in [0.3, 0.4) is 0 Å². The Morgan fingerprint density at radius 2 is 2.00 bits per heavy atom. The van der Waals surface area contributed by atoms with E-state index in [1.807, 2.05) is 0 Å². The van der Waals surface area contributed by atoms with Gasteiger partial charge in [0.15, 0.2) is 11.5 Å². The maximum atomic E-state index is 12.5. The van der Waals surface area contributed by atoms with Crippen molar-refractivity contribution in [2.45, 2.75) is 12.5 Å². The van der Waals surface area contributed by atoms with Crippen LogP contribution in [-0.2, 0) is 0 Å². The number of phenols is 1. The zero-order valence-corrected chi connectivity index (χ0v) is 16.5. The number of aromatic hydroxyl groups is 2. The van der Waals surface area contributed by atoms with E-state index < -0.39 is 17.1 Å². The molecule has 0 saturated carbocycles. The molecule has 1 atom stereocenters. The van der Waals surface area contributed by atoms with Gasteiger partial charge in [-0.15, -0.1) is 0 Å². The molecule has 154 valence electrons. The number of methoxy groups -OCH3 is 1. The fraction of sp³-hybridized carbons (Fsp3) is 0.150. The van der Waals surface area contributed by atoms with Gasteiger partial charge in [0.05, 0.1) is 24.6 Å². The first kappa shape index (κ1) is 19.6. The molecule has 9 nitrogen and oxygen atoms in total. The molecule has 1 aromatic heterocycles. The minimum atomic E-state index is -0.796. The van der Waals surface area contributed by atoms with Crippen LogP contribution in [0.25, 0.3) is 5.69 Å². The highest BCUT2D eigenvalue weighted by atomic mass is 35.5. The maximum Gasteiger partial charge on any atom is 0.335 e. The highest BCUT2D eigenvalue weighted by molar-refractivity contribution is 6.30. The number of nitrogens with zero attached hydrogens (tertiary/aromatic N) is 2. The lowest BCUT2D eigenvalue weighted by Gasteiger charge is -2.13. The van der Waals surface area contributed by atoms with Crippen molar-refractivity contribution >= 4 is 17.3 Å². The number of hydrogen-bond donors (Lipinski definition) is 4. The molecule has 0 amide bonds. The Morgan fingerprint density at radius 1 is 1.20 bits per heavy atom. The Hall–Kier alpha value is -3.72. The molecule has 30 heavy (non-hydrogen) atoms. The van der Waals surface area contributed by atoms with Gasteiger partial charge in [0.1, 0.15) is 5.56 Å². The predicted octanol–water partition coefficient (Wildman–Crippen LogP) is 2.04. The second-order valence-corrected chi connectivity index (χ2v) is 7.09. The van der Waals surface area contributed by atoms with Gasteiger partial charge in [0.2, 0.25) is 5.88 Å². The monoisotopic (exact) mass is 428 g/mol. The van der Waals surface area contributed by atoms with Crippen LogP contribution < -0.4 is 21.4 Å². The Bertz CT molecular complexity index is 1280. The number of rotatable bonds is 4. The topological polar surface area (TPSA) is 129 Å². The van der Waals surface area contributed by atoms with Crippen LogP contribution in [0.15, 0.2) is 57.2 Å². The Kier molecular flexibility index (Phi) is 4.96. The lowest BCUT2D eigenvalue weighted by Crippen LogP contribution is -2.33. The van der Waals surface area contributed by atoms with Crippen molar-refractivity contribution in [1.29, 1.82) is 0 Å². The fourth-order valence-corrected chi connectivity index (χ4v) is 3.53. The molecule has 2 heterocycles. The van der Waals surface area contributed by atoms with E-state index in [9.17, 15) is 19.8 Å². The van der Waals surface area contributed by atoms with E-state index >= 15 is 0 Å². The number of H-pyrrole nitrogens is 1. The smallest absolute Gasteiger partial charge is 0.335 e. The molecule has 1 aliphatic heterocycles. The summed E-state index contributed by atoms with van der Waals surface area (Å²) in [6.07, 6.45) is 0.262. The quantitative estimate of drug-likeness (QED) is 0.503. The summed E-state index contributed by atoms with van der Waals surface area (Å²) in [6.45, 7) is 0. The summed E-state index contributed by atoms with van der Waals surface area (Å²) in [6, 6.07) is 10.9. The molecule has 1 aliphatic rings. The molecular weight excluding hydrogens is 412 g/mol. The summed E-state index contributed by atoms with van der Waals surface area (Å²) in [5, 5.41) is 25.1. The van der Waals surface area contributed by atoms with Gasteiger partial charge in [-0.2, -0.15) is 5.10 Å². The Labute approximate surface area is 174 Å². The molecule has 0 fully saturated rings. The first-order valence-electron chi connectivity index (χ1n) is 8.92. The summed E-state index contributed by atoms with van der Waals surface area (Å²) >= 11 is 5.99. The second-order valence-electron chi connectivity index (χ2n) is 6.65. The molecule has 4 N–H and O–H groups in total. The van der Waals surface area contributed by atoms with E-state index in [0.29, 0.717) is 16.5 Å². The highest BCUT2D eigenvalue weighted by Crippen LogP contribution is 2.32. The van der Waals surface area contributed by atoms with Crippen molar-refractivity contribution in [3.63, 3.8) is 0 Å². The first-order valence-corrected chi connectivity index (χ1v) is 9.30. The normalized spacial score (nSPS) is 15.5. The van der Waals surface area contributed by atoms with E-state index in [0.717, 1.165) is 10.1 Å². The van der Waals surface area contributed by atoms with Gasteiger partial charge in [-0.1, -0.05) is 23.7 Å². The van der Waals surface area contributed by atoms with Gasteiger partial charge in [0.25, 0.3) is 5.56 Å². The van der Waals surface area contributed by atoms with Crippen molar-refractivity contribution in [3.05, 3.63) is 79.5 Å². The van der Waals surface area contributed by atoms with Gasteiger partial charge < -0.3 is 20.4 Å². The van der Waals surface area contributed by atoms with Crippen LogP contribution in [-0.4, -0.2) is 32.6 Å². The molecule has 10 heteroatoms. The van der Waals surface area contributed by atoms with Crippen molar-refractivity contribution in [1.82, 2.24) is 15.0 Å². The van der Waals surface area contributed by atoms with E-state index in [1.54, 1.807) is 30.3 Å². The number of phenolic OH excluding ortho intramolecular Hbond substituents is 1. The van der Waals surface area contributed by atoms with Gasteiger partial charge in [-0.25, -0.2) is 9.36 Å². The largest absolute Gasteiger partial charge is 0.504 e. The molecule has 4 rings (SSSR count). The third-order valence-corrected chi connectivity index (χ3v) is 5.04. The zero-order valence-electron chi connectivity index (χ0n) is 15.7. The Morgan fingerprint density at radius 3 is 2.73 bits per heavy atom. The van der Waals surface area contributed by atoms with Gasteiger partial charge in [-0.3, -0.25) is 9.78 Å². The number of halogens is 1. The molecule has 0 aliphatic carbocycles. The average molecular weight is 429 g/mol. The summed E-state index contributed by atoms with van der Waals surface area (Å²) in [5.74, 6) is -0.225. The van der Waals surface area contributed by atoms with Gasteiger partial charge in [-0.05, 0) is 35.9 Å². The second kappa shape index (κ2) is 7.60. The first-order chi connectivity index (χ1) is 14.4. The number of ether oxygens (including phenoxy) is 1. The van der Waals surface area contributed by atoms with Gasteiger partial charge in [0, 0.05) is 11.4 Å². The SMILES string of the molecule is COc1cc([C@@H]2CC(c3c(O)n(-c4cccc(Cl)c4)c(=O)[nH]c3=O)=NN2)ccc1O. The summed E-state index contributed by atoms with van der Waals surface area (Å²) in [7, 11) is 1.44. The number of hydrazone groups is 1. The van der Waals surface area contributed by atoms with Crippen molar-refractivity contribution < 1.29 is 14.9 Å². The lowest BCUT2D eigenvalue weighted by molar-refractivity contribution is 0.372. The average Bonchev–Trinajstić information content (AvgIpc) is 3.17. The predicted molar refractivity (Wildman–Crippen MR) is 111 cm³/mol. The third kappa shape index (κ3) is 3.39.